The van der Waals surface area contributed by atoms with Crippen molar-refractivity contribution in [3.8, 4) is 11.5 Å². The average Bonchev–Trinajstić information content (AvgIpc) is 2.98. The zero-order chi connectivity index (χ0) is 11.5. The van der Waals surface area contributed by atoms with E-state index in [2.05, 4.69) is 20.0 Å². The van der Waals surface area contributed by atoms with Gasteiger partial charge in [0.25, 0.3) is 0 Å². The Labute approximate surface area is 97.5 Å². The molecule has 0 spiro atoms. The van der Waals surface area contributed by atoms with Crippen molar-refractivity contribution in [2.45, 2.75) is 13.1 Å². The number of hydrogen-bond donors (Lipinski definition) is 1. The third-order valence-electron chi connectivity index (χ3n) is 2.46. The van der Waals surface area contributed by atoms with Crippen molar-refractivity contribution < 1.29 is 14.0 Å². The van der Waals surface area contributed by atoms with Gasteiger partial charge in [-0.2, -0.15) is 4.98 Å². The Kier molecular flexibility index (Phi) is 2.63. The summed E-state index contributed by atoms with van der Waals surface area (Å²) in [5, 5.41) is 6.93. The monoisotopic (exact) mass is 233 g/mol. The molecule has 88 valence electrons. The van der Waals surface area contributed by atoms with Crippen molar-refractivity contribution in [3.05, 3.63) is 36.0 Å². The van der Waals surface area contributed by atoms with E-state index in [1.807, 2.05) is 18.2 Å². The van der Waals surface area contributed by atoms with Gasteiger partial charge in [0.2, 0.25) is 13.2 Å². The van der Waals surface area contributed by atoms with Crippen LogP contribution in [-0.4, -0.2) is 16.9 Å². The van der Waals surface area contributed by atoms with E-state index < -0.39 is 0 Å². The number of nitrogens with one attached hydrogen (secondary N) is 1. The predicted octanol–water partition coefficient (Wildman–Crippen LogP) is 1.09. The SMILES string of the molecule is c1nc(CNCc2ccc3c(c2)OCO3)no1. The van der Waals surface area contributed by atoms with Crippen molar-refractivity contribution >= 4 is 0 Å². The highest BCUT2D eigenvalue weighted by molar-refractivity contribution is 5.44. The van der Waals surface area contributed by atoms with Gasteiger partial charge >= 0.3 is 0 Å². The molecule has 3 rings (SSSR count). The number of hydrogen-bond acceptors (Lipinski definition) is 6. The standard InChI is InChI=1S/C11H11N3O3/c1-2-9-10(16-7-15-9)3-8(1)4-12-5-11-13-6-17-14-11/h1-3,6,12H,4-5,7H2. The van der Waals surface area contributed by atoms with Crippen molar-refractivity contribution in [1.82, 2.24) is 15.5 Å². The Balaban J connectivity index is 1.58. The van der Waals surface area contributed by atoms with Crippen LogP contribution in [0.5, 0.6) is 11.5 Å². The van der Waals surface area contributed by atoms with E-state index in [4.69, 9.17) is 9.47 Å². The summed E-state index contributed by atoms with van der Waals surface area (Å²) in [5.41, 5.74) is 1.12. The van der Waals surface area contributed by atoms with Crippen molar-refractivity contribution in [3.63, 3.8) is 0 Å². The molecule has 2 heterocycles. The van der Waals surface area contributed by atoms with Crippen LogP contribution in [0.15, 0.2) is 29.1 Å². The summed E-state index contributed by atoms with van der Waals surface area (Å²) in [6, 6.07) is 5.87. The summed E-state index contributed by atoms with van der Waals surface area (Å²) in [6.45, 7) is 1.59. The minimum Gasteiger partial charge on any atom is -0.454 e. The number of aromatic nitrogens is 2. The van der Waals surface area contributed by atoms with Crippen molar-refractivity contribution in [2.24, 2.45) is 0 Å². The fourth-order valence-electron chi connectivity index (χ4n) is 1.64. The van der Waals surface area contributed by atoms with Crippen LogP contribution in [0.25, 0.3) is 0 Å². The fraction of sp³-hybridized carbons (Fsp3) is 0.273. The van der Waals surface area contributed by atoms with Gasteiger partial charge < -0.3 is 19.3 Å². The Bertz CT molecular complexity index is 499. The van der Waals surface area contributed by atoms with Crippen LogP contribution in [0.1, 0.15) is 11.4 Å². The van der Waals surface area contributed by atoms with Crippen molar-refractivity contribution in [1.29, 1.82) is 0 Å². The molecule has 2 aromatic rings. The molecular formula is C11H11N3O3. The average molecular weight is 233 g/mol. The van der Waals surface area contributed by atoms with Gasteiger partial charge in [-0.25, -0.2) is 0 Å². The lowest BCUT2D eigenvalue weighted by Crippen LogP contribution is -2.13. The van der Waals surface area contributed by atoms with Crippen LogP contribution in [0.2, 0.25) is 0 Å². The lowest BCUT2D eigenvalue weighted by molar-refractivity contribution is 0.174. The molecular weight excluding hydrogens is 222 g/mol. The molecule has 1 N–H and O–H groups in total. The molecule has 1 aromatic heterocycles. The summed E-state index contributed by atoms with van der Waals surface area (Å²) in [5.74, 6) is 2.24. The Hall–Kier alpha value is -2.08. The maximum Gasteiger partial charge on any atom is 0.231 e. The van der Waals surface area contributed by atoms with Gasteiger partial charge in [-0.15, -0.1) is 0 Å². The summed E-state index contributed by atoms with van der Waals surface area (Å²) >= 11 is 0. The second kappa shape index (κ2) is 4.42. The zero-order valence-electron chi connectivity index (χ0n) is 9.05. The summed E-state index contributed by atoms with van der Waals surface area (Å²) in [7, 11) is 0. The number of nitrogens with zero attached hydrogens (tertiary/aromatic N) is 2. The maximum atomic E-state index is 5.30. The van der Waals surface area contributed by atoms with Gasteiger partial charge in [-0.05, 0) is 17.7 Å². The molecule has 0 saturated carbocycles. The first-order chi connectivity index (χ1) is 8.42. The van der Waals surface area contributed by atoms with Gasteiger partial charge in [-0.1, -0.05) is 11.2 Å². The van der Waals surface area contributed by atoms with Gasteiger partial charge in [0.15, 0.2) is 17.3 Å². The molecule has 0 atom stereocenters. The van der Waals surface area contributed by atoms with E-state index in [-0.39, 0.29) is 0 Å². The first-order valence-corrected chi connectivity index (χ1v) is 5.26. The minimum atomic E-state index is 0.301. The molecule has 0 aliphatic carbocycles. The minimum absolute atomic E-state index is 0.301. The van der Waals surface area contributed by atoms with Crippen LogP contribution in [0, 0.1) is 0 Å². The Morgan fingerprint density at radius 3 is 3.00 bits per heavy atom. The number of benzene rings is 1. The normalized spacial score (nSPS) is 12.9. The number of ether oxygens (including phenoxy) is 2. The van der Waals surface area contributed by atoms with Crippen molar-refractivity contribution in [2.75, 3.05) is 6.79 Å². The fourth-order valence-corrected chi connectivity index (χ4v) is 1.64. The molecule has 1 aliphatic heterocycles. The first kappa shape index (κ1) is 10.1. The summed E-state index contributed by atoms with van der Waals surface area (Å²) < 4.78 is 15.2. The van der Waals surface area contributed by atoms with E-state index in [1.165, 1.54) is 6.39 Å². The van der Waals surface area contributed by atoms with Gasteiger partial charge in [0.05, 0.1) is 6.54 Å². The van der Waals surface area contributed by atoms with Crippen LogP contribution in [0.4, 0.5) is 0 Å². The second-order valence-corrected chi connectivity index (χ2v) is 3.64. The van der Waals surface area contributed by atoms with E-state index in [9.17, 15) is 0 Å². The van der Waals surface area contributed by atoms with Crippen LogP contribution >= 0.6 is 0 Å². The van der Waals surface area contributed by atoms with Crippen LogP contribution < -0.4 is 14.8 Å². The van der Waals surface area contributed by atoms with Crippen LogP contribution in [-0.2, 0) is 13.1 Å². The Morgan fingerprint density at radius 1 is 1.18 bits per heavy atom. The molecule has 1 aromatic carbocycles. The third kappa shape index (κ3) is 2.21. The third-order valence-corrected chi connectivity index (χ3v) is 2.46. The number of fused-ring (bicyclic) bond motifs is 1. The molecule has 0 amide bonds. The molecule has 0 saturated heterocycles. The summed E-state index contributed by atoms with van der Waals surface area (Å²) in [6.07, 6.45) is 1.32. The molecule has 6 heteroatoms. The quantitative estimate of drug-likeness (QED) is 0.852. The van der Waals surface area contributed by atoms with Gasteiger partial charge in [-0.3, -0.25) is 0 Å². The first-order valence-electron chi connectivity index (χ1n) is 5.26. The molecule has 17 heavy (non-hydrogen) atoms. The predicted molar refractivity (Wildman–Crippen MR) is 57.4 cm³/mol. The van der Waals surface area contributed by atoms with Gasteiger partial charge in [0.1, 0.15) is 0 Å². The zero-order valence-corrected chi connectivity index (χ0v) is 9.05. The molecule has 0 bridgehead atoms. The highest BCUT2D eigenvalue weighted by Gasteiger charge is 2.12. The summed E-state index contributed by atoms with van der Waals surface area (Å²) in [4.78, 5) is 3.92. The Morgan fingerprint density at radius 2 is 2.12 bits per heavy atom. The molecule has 1 aliphatic rings. The number of rotatable bonds is 4. The molecule has 0 unspecified atom stereocenters. The lowest BCUT2D eigenvalue weighted by Gasteiger charge is -2.03. The molecule has 6 nitrogen and oxygen atoms in total. The van der Waals surface area contributed by atoms with E-state index >= 15 is 0 Å². The largest absolute Gasteiger partial charge is 0.454 e. The molecule has 0 fully saturated rings. The van der Waals surface area contributed by atoms with Gasteiger partial charge in [0, 0.05) is 6.54 Å². The molecule has 0 radical (unpaired) electrons. The smallest absolute Gasteiger partial charge is 0.231 e. The van der Waals surface area contributed by atoms with E-state index in [1.54, 1.807) is 0 Å². The lowest BCUT2D eigenvalue weighted by atomic mass is 10.2. The van der Waals surface area contributed by atoms with E-state index in [0.717, 1.165) is 17.1 Å². The highest BCUT2D eigenvalue weighted by Crippen LogP contribution is 2.32. The highest BCUT2D eigenvalue weighted by atomic mass is 16.7. The topological polar surface area (TPSA) is 69.4 Å². The van der Waals surface area contributed by atoms with E-state index in [0.29, 0.717) is 25.7 Å². The van der Waals surface area contributed by atoms with Crippen LogP contribution in [0.3, 0.4) is 0 Å². The second-order valence-electron chi connectivity index (χ2n) is 3.64. The maximum absolute atomic E-state index is 5.30.